The molecule has 0 aliphatic carbocycles. The molecule has 8 nitrogen and oxygen atoms in total. The van der Waals surface area contributed by atoms with Crippen LogP contribution >= 0.6 is 0 Å². The number of sulfonamides is 1. The lowest BCUT2D eigenvalue weighted by Gasteiger charge is -2.12. The van der Waals surface area contributed by atoms with Crippen molar-refractivity contribution in [1.29, 1.82) is 0 Å². The van der Waals surface area contributed by atoms with Crippen LogP contribution in [0.25, 0.3) is 12.7 Å². The molecule has 2 aromatic carbocycles. The van der Waals surface area contributed by atoms with Crippen LogP contribution in [-0.4, -0.2) is 38.6 Å². The molecule has 0 fully saturated rings. The van der Waals surface area contributed by atoms with Crippen molar-refractivity contribution >= 4 is 40.0 Å². The fourth-order valence-corrected chi connectivity index (χ4v) is 4.60. The molecule has 3 aromatic rings. The van der Waals surface area contributed by atoms with Crippen LogP contribution in [0.4, 0.5) is 11.4 Å². The second-order valence-corrected chi connectivity index (χ2v) is 9.08. The van der Waals surface area contributed by atoms with Crippen molar-refractivity contribution in [2.75, 3.05) is 24.2 Å². The third-order valence-electron chi connectivity index (χ3n) is 5.11. The summed E-state index contributed by atoms with van der Waals surface area (Å²) in [5, 5.41) is 12.9. The van der Waals surface area contributed by atoms with Crippen molar-refractivity contribution in [2.45, 2.75) is 11.8 Å². The minimum atomic E-state index is -4.02. The number of ether oxygens (including phenoxy) is 1. The maximum absolute atomic E-state index is 13.3. The summed E-state index contributed by atoms with van der Waals surface area (Å²) < 4.78 is 34.6. The van der Waals surface area contributed by atoms with E-state index in [4.69, 9.17) is 4.74 Å². The molecule has 0 saturated heterocycles. The van der Waals surface area contributed by atoms with Gasteiger partial charge in [-0.05, 0) is 42.5 Å². The number of rotatable bonds is 7. The monoisotopic (exact) mass is 503 g/mol. The number of nitrogens with one attached hydrogen (secondary N) is 2. The first-order chi connectivity index (χ1) is 17.2. The third-order valence-corrected chi connectivity index (χ3v) is 6.56. The minimum Gasteiger partial charge on any atom is -0.496 e. The van der Waals surface area contributed by atoms with Gasteiger partial charge in [0.1, 0.15) is 5.75 Å². The summed E-state index contributed by atoms with van der Waals surface area (Å²) in [6.45, 7) is 5.83. The number of methoxy groups -OCH3 is 1. The Morgan fingerprint density at radius 1 is 1.17 bits per heavy atom. The molecule has 1 aromatic heterocycles. The van der Waals surface area contributed by atoms with Crippen molar-refractivity contribution in [1.82, 2.24) is 4.98 Å². The van der Waals surface area contributed by atoms with Gasteiger partial charge in [-0.25, -0.2) is 18.2 Å². The van der Waals surface area contributed by atoms with Gasteiger partial charge in [0.25, 0.3) is 10.0 Å². The van der Waals surface area contributed by atoms with Crippen LogP contribution in [0.15, 0.2) is 65.7 Å². The van der Waals surface area contributed by atoms with Gasteiger partial charge in [-0.1, -0.05) is 48.8 Å². The molecule has 3 rings (SSSR count). The molecule has 36 heavy (non-hydrogen) atoms. The lowest BCUT2D eigenvalue weighted by Crippen LogP contribution is -2.32. The Hall–Kier alpha value is -4.55. The standard InChI is InChI=1S/C27H25N3O5S/c1-5-6-10-21-18(2)25(15-14-24(21)35-4)36(33,34)30-22-11-8-7-9-20(22)13-12-19-16-23(28-3)26(27(31)32)29-17-19/h5-11,14-17,28,30H,2H2,1,3-4H3,(H,31,32)/b6-5-,21-10+. The quantitative estimate of drug-likeness (QED) is 0.425. The van der Waals surface area contributed by atoms with Gasteiger partial charge in [-0.2, -0.15) is 0 Å². The van der Waals surface area contributed by atoms with Crippen molar-refractivity contribution in [3.8, 4) is 17.6 Å². The molecule has 0 spiro atoms. The zero-order chi connectivity index (χ0) is 26.3. The van der Waals surface area contributed by atoms with Gasteiger partial charge < -0.3 is 15.2 Å². The van der Waals surface area contributed by atoms with E-state index in [0.29, 0.717) is 33.0 Å². The number of carbonyl (C=O) groups is 1. The van der Waals surface area contributed by atoms with E-state index in [9.17, 15) is 18.3 Å². The van der Waals surface area contributed by atoms with E-state index in [1.165, 1.54) is 19.4 Å². The molecular formula is C27H25N3O5S. The summed E-state index contributed by atoms with van der Waals surface area (Å²) >= 11 is 0. The first kappa shape index (κ1) is 26.1. The molecule has 0 atom stereocenters. The Kier molecular flexibility index (Phi) is 8.14. The Labute approximate surface area is 209 Å². The van der Waals surface area contributed by atoms with Crippen LogP contribution in [0.2, 0.25) is 0 Å². The number of hydrogen-bond acceptors (Lipinski definition) is 6. The van der Waals surface area contributed by atoms with E-state index in [1.807, 2.05) is 13.0 Å². The van der Waals surface area contributed by atoms with Crippen molar-refractivity contribution in [2.24, 2.45) is 0 Å². The predicted molar refractivity (Wildman–Crippen MR) is 141 cm³/mol. The Morgan fingerprint density at radius 2 is 1.92 bits per heavy atom. The molecule has 0 unspecified atom stereocenters. The number of nitrogens with zero attached hydrogens (tertiary/aromatic N) is 1. The zero-order valence-electron chi connectivity index (χ0n) is 20.0. The van der Waals surface area contributed by atoms with Crippen LogP contribution in [0, 0.1) is 11.8 Å². The molecular weight excluding hydrogens is 478 g/mol. The van der Waals surface area contributed by atoms with Gasteiger partial charge in [0, 0.05) is 29.6 Å². The van der Waals surface area contributed by atoms with E-state index >= 15 is 0 Å². The molecule has 0 bridgehead atoms. The SMILES string of the molecule is C=c1c(S(=O)(=O)Nc2ccccc2C#Cc2cnc(C(=O)O)c(NC)c2)ccc(OC)/c1=C/C=C\C. The summed E-state index contributed by atoms with van der Waals surface area (Å²) in [5.41, 5.74) is 1.36. The highest BCUT2D eigenvalue weighted by molar-refractivity contribution is 7.92. The van der Waals surface area contributed by atoms with Gasteiger partial charge in [0.2, 0.25) is 0 Å². The summed E-state index contributed by atoms with van der Waals surface area (Å²) in [6, 6.07) is 11.3. The first-order valence-corrected chi connectivity index (χ1v) is 12.2. The Balaban J connectivity index is 2.02. The normalized spacial score (nSPS) is 11.6. The number of aromatic carboxylic acids is 1. The highest BCUT2D eigenvalue weighted by Crippen LogP contribution is 2.19. The topological polar surface area (TPSA) is 118 Å². The first-order valence-electron chi connectivity index (χ1n) is 10.8. The number of para-hydroxylation sites is 1. The lowest BCUT2D eigenvalue weighted by molar-refractivity contribution is 0.0691. The Bertz CT molecular complexity index is 1620. The molecule has 3 N–H and O–H groups in total. The average Bonchev–Trinajstić information content (AvgIpc) is 2.86. The number of allylic oxidation sites excluding steroid dienone is 2. The number of anilines is 2. The highest BCUT2D eigenvalue weighted by Gasteiger charge is 2.18. The predicted octanol–water partition coefficient (Wildman–Crippen LogP) is 2.80. The van der Waals surface area contributed by atoms with Crippen LogP contribution in [0.3, 0.4) is 0 Å². The zero-order valence-corrected chi connectivity index (χ0v) is 20.8. The molecule has 1 heterocycles. The van der Waals surface area contributed by atoms with E-state index in [2.05, 4.69) is 33.4 Å². The van der Waals surface area contributed by atoms with E-state index in [1.54, 1.807) is 55.6 Å². The molecule has 184 valence electrons. The van der Waals surface area contributed by atoms with Crippen molar-refractivity contribution in [3.05, 3.63) is 88.1 Å². The van der Waals surface area contributed by atoms with Crippen molar-refractivity contribution in [3.63, 3.8) is 0 Å². The lowest BCUT2D eigenvalue weighted by atomic mass is 10.1. The van der Waals surface area contributed by atoms with E-state index < -0.39 is 16.0 Å². The molecule has 0 saturated carbocycles. The number of pyridine rings is 1. The summed E-state index contributed by atoms with van der Waals surface area (Å²) in [7, 11) is -0.922. The molecule has 9 heteroatoms. The number of benzene rings is 2. The van der Waals surface area contributed by atoms with Crippen LogP contribution < -0.4 is 25.2 Å². The fourth-order valence-electron chi connectivity index (χ4n) is 3.34. The number of hydrogen-bond donors (Lipinski definition) is 3. The molecule has 0 radical (unpaired) electrons. The largest absolute Gasteiger partial charge is 0.496 e. The van der Waals surface area contributed by atoms with Gasteiger partial charge in [-0.3, -0.25) is 4.72 Å². The summed E-state index contributed by atoms with van der Waals surface area (Å²) in [6.07, 6.45) is 6.68. The van der Waals surface area contributed by atoms with Crippen LogP contribution in [-0.2, 0) is 10.0 Å². The smallest absolute Gasteiger partial charge is 0.356 e. The van der Waals surface area contributed by atoms with Gasteiger partial charge in [0.05, 0.1) is 23.4 Å². The fraction of sp³-hybridized carbons (Fsp3) is 0.111. The number of carboxylic acids is 1. The average molecular weight is 504 g/mol. The second-order valence-electron chi connectivity index (χ2n) is 7.43. The molecule has 0 aliphatic rings. The molecule has 0 amide bonds. The highest BCUT2D eigenvalue weighted by atomic mass is 32.2. The van der Waals surface area contributed by atoms with Gasteiger partial charge in [0.15, 0.2) is 5.69 Å². The van der Waals surface area contributed by atoms with Crippen molar-refractivity contribution < 1.29 is 23.1 Å². The maximum Gasteiger partial charge on any atom is 0.356 e. The Morgan fingerprint density at radius 3 is 2.58 bits per heavy atom. The third kappa shape index (κ3) is 5.74. The van der Waals surface area contributed by atoms with E-state index in [-0.39, 0.29) is 16.3 Å². The number of carboxylic acid groups (broad SMARTS) is 1. The summed E-state index contributed by atoms with van der Waals surface area (Å²) in [4.78, 5) is 15.2. The van der Waals surface area contributed by atoms with Gasteiger partial charge >= 0.3 is 5.97 Å². The van der Waals surface area contributed by atoms with E-state index in [0.717, 1.165) is 0 Å². The van der Waals surface area contributed by atoms with Crippen LogP contribution in [0.5, 0.6) is 5.75 Å². The molecule has 0 aliphatic heterocycles. The van der Waals surface area contributed by atoms with Gasteiger partial charge in [-0.15, -0.1) is 0 Å². The summed E-state index contributed by atoms with van der Waals surface area (Å²) in [5.74, 6) is 5.18. The second kappa shape index (κ2) is 11.3. The number of aromatic nitrogens is 1. The minimum absolute atomic E-state index is 0.00827. The maximum atomic E-state index is 13.3. The van der Waals surface area contributed by atoms with Crippen LogP contribution in [0.1, 0.15) is 28.5 Å².